The second-order valence-corrected chi connectivity index (χ2v) is 10.1. The Morgan fingerprint density at radius 1 is 0.844 bits per heavy atom. The quantitative estimate of drug-likeness (QED) is 0.0956. The van der Waals surface area contributed by atoms with Crippen LogP contribution in [0, 0.1) is 0 Å². The van der Waals surface area contributed by atoms with Crippen LogP contribution in [0.3, 0.4) is 0 Å². The van der Waals surface area contributed by atoms with Crippen LogP contribution >= 0.6 is 0 Å². The lowest BCUT2D eigenvalue weighted by atomic mass is 9.90. The highest BCUT2D eigenvalue weighted by Gasteiger charge is 2.22. The maximum absolute atomic E-state index is 12.2. The first kappa shape index (κ1) is 32.5. The summed E-state index contributed by atoms with van der Waals surface area (Å²) in [5.41, 5.74) is 2.96. The second kappa shape index (κ2) is 14.8. The van der Waals surface area contributed by atoms with Crippen molar-refractivity contribution in [3.05, 3.63) is 84.4 Å². The lowest BCUT2D eigenvalue weighted by Gasteiger charge is -2.22. The summed E-state index contributed by atoms with van der Waals surface area (Å²) in [5.74, 6) is -2.07. The molecule has 45 heavy (non-hydrogen) atoms. The van der Waals surface area contributed by atoms with Crippen molar-refractivity contribution in [3.8, 4) is 22.5 Å². The van der Waals surface area contributed by atoms with Gasteiger partial charge in [0, 0.05) is 60.7 Å². The van der Waals surface area contributed by atoms with E-state index in [0.29, 0.717) is 64.1 Å². The van der Waals surface area contributed by atoms with Crippen molar-refractivity contribution in [1.29, 1.82) is 0 Å². The van der Waals surface area contributed by atoms with Gasteiger partial charge in [0.15, 0.2) is 13.1 Å². The Bertz CT molecular complexity index is 1770. The molecule has 0 spiro atoms. The molecule has 1 heterocycles. The number of fused-ring (bicyclic) bond motifs is 2. The van der Waals surface area contributed by atoms with Gasteiger partial charge in [0.05, 0.1) is 18.6 Å². The van der Waals surface area contributed by atoms with Crippen LogP contribution in [0.15, 0.2) is 77.9 Å². The first-order chi connectivity index (χ1) is 21.6. The van der Waals surface area contributed by atoms with Gasteiger partial charge in [-0.1, -0.05) is 30.8 Å². The number of carboxylic acid groups (broad SMARTS) is 1. The van der Waals surface area contributed by atoms with Gasteiger partial charge in [0.1, 0.15) is 31.2 Å². The molecule has 2 aromatic rings. The molecule has 4 rings (SSSR count). The molecule has 11 heteroatoms. The molecule has 234 valence electrons. The van der Waals surface area contributed by atoms with Crippen molar-refractivity contribution < 1.29 is 42.9 Å². The van der Waals surface area contributed by atoms with Crippen LogP contribution in [0.4, 0.5) is 5.69 Å². The number of esters is 3. The van der Waals surface area contributed by atoms with Crippen LogP contribution < -0.4 is 19.9 Å². The summed E-state index contributed by atoms with van der Waals surface area (Å²) in [4.78, 5) is 48.0. The Kier molecular flexibility index (Phi) is 10.7. The first-order valence-corrected chi connectivity index (χ1v) is 14.3. The number of carboxylic acids is 1. The zero-order chi connectivity index (χ0) is 32.5. The maximum atomic E-state index is 12.2. The highest BCUT2D eigenvalue weighted by atomic mass is 16.5. The number of ether oxygens (including phenoxy) is 3. The fourth-order valence-corrected chi connectivity index (χ4v) is 4.99. The highest BCUT2D eigenvalue weighted by Crippen LogP contribution is 2.42. The van der Waals surface area contributed by atoms with Crippen LogP contribution in [0.5, 0.6) is 0 Å². The Morgan fingerprint density at radius 3 is 2.11 bits per heavy atom. The van der Waals surface area contributed by atoms with Gasteiger partial charge in [-0.25, -0.2) is 4.58 Å². The third kappa shape index (κ3) is 8.14. The van der Waals surface area contributed by atoms with Crippen LogP contribution in [-0.4, -0.2) is 63.3 Å². The SMILES string of the molecule is C=CN(CCOC(C)=O)c1ccc2c(-c3ccccc3C(=O)[O-])c3ccc(=[N+](CCOC(C)=O)CCOC(C)=O)cc-3oc2c1. The summed E-state index contributed by atoms with van der Waals surface area (Å²) in [6.07, 6.45) is 1.61. The number of nitrogens with zero attached hydrogens (tertiary/aromatic N) is 2. The number of carbonyl (C=O) groups is 4. The summed E-state index contributed by atoms with van der Waals surface area (Å²) in [5, 5.41) is 13.5. The molecule has 2 aliphatic rings. The Labute approximate surface area is 259 Å². The molecule has 0 unspecified atom stereocenters. The van der Waals surface area contributed by atoms with Gasteiger partial charge in [-0.15, -0.1) is 0 Å². The van der Waals surface area contributed by atoms with Crippen LogP contribution in [0.25, 0.3) is 33.4 Å². The molecule has 0 amide bonds. The average Bonchev–Trinajstić information content (AvgIpc) is 3.00. The third-order valence-corrected chi connectivity index (χ3v) is 6.99. The number of hydrogen-bond acceptors (Lipinski definition) is 10. The molecule has 11 nitrogen and oxygen atoms in total. The smallest absolute Gasteiger partial charge is 0.302 e. The molecule has 0 bridgehead atoms. The van der Waals surface area contributed by atoms with E-state index in [-0.39, 0.29) is 31.4 Å². The normalized spacial score (nSPS) is 10.7. The molecule has 1 aliphatic heterocycles. The topological polar surface area (TPSA) is 138 Å². The van der Waals surface area contributed by atoms with Gasteiger partial charge in [0.2, 0.25) is 5.36 Å². The zero-order valence-electron chi connectivity index (χ0n) is 25.4. The minimum atomic E-state index is -1.31. The van der Waals surface area contributed by atoms with Crippen LogP contribution in [0.2, 0.25) is 0 Å². The van der Waals surface area contributed by atoms with E-state index in [1.807, 2.05) is 28.8 Å². The van der Waals surface area contributed by atoms with Crippen LogP contribution in [-0.2, 0) is 28.6 Å². The van der Waals surface area contributed by atoms with E-state index in [4.69, 9.17) is 18.6 Å². The number of hydrogen-bond donors (Lipinski definition) is 0. The largest absolute Gasteiger partial charge is 0.545 e. The molecule has 0 saturated carbocycles. The average molecular weight is 615 g/mol. The second-order valence-electron chi connectivity index (χ2n) is 10.1. The number of benzene rings is 3. The van der Waals surface area contributed by atoms with Crippen molar-refractivity contribution in [3.63, 3.8) is 0 Å². The van der Waals surface area contributed by atoms with Gasteiger partial charge in [0.25, 0.3) is 0 Å². The molecule has 0 radical (unpaired) electrons. The van der Waals surface area contributed by atoms with Gasteiger partial charge in [-0.2, -0.15) is 0 Å². The third-order valence-electron chi connectivity index (χ3n) is 6.99. The first-order valence-electron chi connectivity index (χ1n) is 14.3. The Morgan fingerprint density at radius 2 is 1.49 bits per heavy atom. The molecule has 0 aromatic heterocycles. The van der Waals surface area contributed by atoms with E-state index < -0.39 is 17.9 Å². The van der Waals surface area contributed by atoms with Gasteiger partial charge >= 0.3 is 17.9 Å². The van der Waals surface area contributed by atoms with Crippen molar-refractivity contribution in [2.75, 3.05) is 44.4 Å². The number of carbonyl (C=O) groups excluding carboxylic acids is 4. The van der Waals surface area contributed by atoms with Gasteiger partial charge < -0.3 is 33.4 Å². The highest BCUT2D eigenvalue weighted by molar-refractivity contribution is 6.07. The summed E-state index contributed by atoms with van der Waals surface area (Å²) < 4.78 is 23.8. The summed E-state index contributed by atoms with van der Waals surface area (Å²) in [6.45, 7) is 9.24. The molecule has 0 fully saturated rings. The summed E-state index contributed by atoms with van der Waals surface area (Å²) in [7, 11) is 0. The molecular weight excluding hydrogens is 580 g/mol. The fourth-order valence-electron chi connectivity index (χ4n) is 4.99. The van der Waals surface area contributed by atoms with Crippen molar-refractivity contribution in [1.82, 2.24) is 4.58 Å². The standard InChI is InChI=1S/C34H34N2O9/c1-5-35(14-17-42-22(2)37)25-10-12-29-31(20-25)45-32-21-26(36(15-18-43-23(3)38)16-19-44-24(4)39)11-13-30(32)33(29)27-8-6-7-9-28(27)34(40)41/h5-13,20-21H,1,14-19H2,2-4H3. The van der Waals surface area contributed by atoms with E-state index >= 15 is 0 Å². The minimum absolute atomic E-state index is 0.0259. The van der Waals surface area contributed by atoms with Gasteiger partial charge in [-0.3, -0.25) is 14.4 Å². The van der Waals surface area contributed by atoms with Crippen molar-refractivity contribution >= 4 is 40.5 Å². The Balaban J connectivity index is 1.95. The number of aromatic carboxylic acids is 1. The van der Waals surface area contributed by atoms with Crippen LogP contribution in [0.1, 0.15) is 31.1 Å². The van der Waals surface area contributed by atoms with Gasteiger partial charge in [-0.05, 0) is 30.0 Å². The predicted octanol–water partition coefficient (Wildman–Crippen LogP) is 2.98. The molecule has 1 aliphatic carbocycles. The minimum Gasteiger partial charge on any atom is -0.545 e. The fraction of sp³-hybridized carbons (Fsp3) is 0.265. The zero-order valence-corrected chi connectivity index (χ0v) is 25.4. The molecular formula is C34H34N2O9. The number of anilines is 1. The molecule has 0 N–H and O–H groups in total. The van der Waals surface area contributed by atoms with E-state index in [0.717, 1.165) is 0 Å². The monoisotopic (exact) mass is 614 g/mol. The molecule has 0 atom stereocenters. The van der Waals surface area contributed by atoms with E-state index in [9.17, 15) is 24.3 Å². The Hall–Kier alpha value is -5.45. The van der Waals surface area contributed by atoms with E-state index in [1.54, 1.807) is 41.4 Å². The predicted molar refractivity (Wildman–Crippen MR) is 165 cm³/mol. The lowest BCUT2D eigenvalue weighted by molar-refractivity contribution is -0.255. The van der Waals surface area contributed by atoms with E-state index in [2.05, 4.69) is 6.58 Å². The van der Waals surface area contributed by atoms with E-state index in [1.165, 1.54) is 26.8 Å². The maximum Gasteiger partial charge on any atom is 0.302 e. The summed E-state index contributed by atoms with van der Waals surface area (Å²) in [6, 6.07) is 17.6. The number of rotatable bonds is 13. The molecule has 0 saturated heterocycles. The van der Waals surface area contributed by atoms with Crippen molar-refractivity contribution in [2.24, 2.45) is 0 Å². The van der Waals surface area contributed by atoms with Crippen molar-refractivity contribution in [2.45, 2.75) is 20.8 Å². The molecule has 2 aromatic carbocycles. The summed E-state index contributed by atoms with van der Waals surface area (Å²) >= 11 is 0. The lowest BCUT2D eigenvalue weighted by Crippen LogP contribution is -2.36.